The van der Waals surface area contributed by atoms with Gasteiger partial charge < -0.3 is 15.2 Å². The summed E-state index contributed by atoms with van der Waals surface area (Å²) < 4.78 is 33.7. The number of hydrogen-bond donors (Lipinski definition) is 2. The van der Waals surface area contributed by atoms with Gasteiger partial charge in [-0.3, -0.25) is 0 Å². The van der Waals surface area contributed by atoms with Crippen molar-refractivity contribution in [3.8, 4) is 16.9 Å². The highest BCUT2D eigenvalue weighted by molar-refractivity contribution is 5.89. The van der Waals surface area contributed by atoms with Crippen molar-refractivity contribution in [3.05, 3.63) is 72.3 Å². The molecule has 0 heterocycles. The third kappa shape index (κ3) is 4.23. The zero-order valence-corrected chi connectivity index (χ0v) is 13.6. The lowest BCUT2D eigenvalue weighted by Gasteiger charge is -2.11. The Morgan fingerprint density at radius 3 is 2.68 bits per heavy atom. The van der Waals surface area contributed by atoms with Crippen LogP contribution in [0.15, 0.2) is 60.7 Å². The quantitative estimate of drug-likeness (QED) is 0.582. The standard InChI is InChI=1S/C19H17F2NO3/c1-3-12(19(23)24)9-10-22-16-8-7-15(17(20)18(16)21)13-5-4-6-14(11-13)25-2/h3-9,11,22H,1,10H2,2H3,(H,23,24). The monoisotopic (exact) mass is 345 g/mol. The lowest BCUT2D eigenvalue weighted by molar-refractivity contribution is -0.132. The number of rotatable bonds is 7. The molecule has 0 radical (unpaired) electrons. The van der Waals surface area contributed by atoms with Crippen molar-refractivity contribution in [1.29, 1.82) is 0 Å². The molecule has 130 valence electrons. The number of benzene rings is 2. The summed E-state index contributed by atoms with van der Waals surface area (Å²) in [7, 11) is 1.49. The fourth-order valence-corrected chi connectivity index (χ4v) is 2.23. The average molecular weight is 345 g/mol. The summed E-state index contributed by atoms with van der Waals surface area (Å²) in [6.45, 7) is 3.39. The molecule has 0 saturated heterocycles. The van der Waals surface area contributed by atoms with Crippen LogP contribution in [0.1, 0.15) is 0 Å². The van der Waals surface area contributed by atoms with Crippen molar-refractivity contribution in [3.63, 3.8) is 0 Å². The van der Waals surface area contributed by atoms with Crippen LogP contribution in [0.25, 0.3) is 11.1 Å². The van der Waals surface area contributed by atoms with Gasteiger partial charge in [-0.25, -0.2) is 13.6 Å². The highest BCUT2D eigenvalue weighted by Crippen LogP contribution is 2.30. The van der Waals surface area contributed by atoms with Gasteiger partial charge in [-0.15, -0.1) is 0 Å². The molecule has 0 fully saturated rings. The summed E-state index contributed by atoms with van der Waals surface area (Å²) in [5, 5.41) is 11.5. The first-order chi connectivity index (χ1) is 12.0. The molecule has 0 aliphatic heterocycles. The van der Waals surface area contributed by atoms with Crippen LogP contribution in [-0.2, 0) is 4.79 Å². The molecule has 0 bridgehead atoms. The highest BCUT2D eigenvalue weighted by Gasteiger charge is 2.15. The molecule has 0 saturated carbocycles. The molecule has 0 amide bonds. The number of carboxylic acids is 1. The van der Waals surface area contributed by atoms with Gasteiger partial charge in [0.1, 0.15) is 5.75 Å². The first-order valence-electron chi connectivity index (χ1n) is 7.40. The van der Waals surface area contributed by atoms with Crippen molar-refractivity contribution in [1.82, 2.24) is 0 Å². The van der Waals surface area contributed by atoms with Gasteiger partial charge in [0.2, 0.25) is 0 Å². The van der Waals surface area contributed by atoms with Crippen LogP contribution < -0.4 is 10.1 Å². The molecule has 4 nitrogen and oxygen atoms in total. The lowest BCUT2D eigenvalue weighted by atomic mass is 10.0. The van der Waals surface area contributed by atoms with Crippen LogP contribution in [0.3, 0.4) is 0 Å². The van der Waals surface area contributed by atoms with Crippen LogP contribution >= 0.6 is 0 Å². The van der Waals surface area contributed by atoms with E-state index in [-0.39, 0.29) is 23.4 Å². The Bertz CT molecular complexity index is 831. The van der Waals surface area contributed by atoms with Crippen molar-refractivity contribution in [2.75, 3.05) is 19.0 Å². The van der Waals surface area contributed by atoms with E-state index in [1.54, 1.807) is 24.3 Å². The summed E-state index contributed by atoms with van der Waals surface area (Å²) in [6, 6.07) is 9.50. The van der Waals surface area contributed by atoms with Crippen LogP contribution in [0, 0.1) is 11.6 Å². The first kappa shape index (κ1) is 18.2. The van der Waals surface area contributed by atoms with Crippen LogP contribution in [-0.4, -0.2) is 24.7 Å². The number of halogens is 2. The van der Waals surface area contributed by atoms with Gasteiger partial charge in [-0.1, -0.05) is 30.9 Å². The van der Waals surface area contributed by atoms with Crippen LogP contribution in [0.5, 0.6) is 5.75 Å². The minimum atomic E-state index is -1.14. The number of anilines is 1. The summed E-state index contributed by atoms with van der Waals surface area (Å²) in [4.78, 5) is 10.8. The zero-order valence-electron chi connectivity index (χ0n) is 13.6. The van der Waals surface area contributed by atoms with Gasteiger partial charge in [0.05, 0.1) is 18.4 Å². The normalized spacial score (nSPS) is 11.1. The number of aliphatic carboxylic acids is 1. The summed E-state index contributed by atoms with van der Waals surface area (Å²) >= 11 is 0. The van der Waals surface area contributed by atoms with E-state index in [1.165, 1.54) is 31.4 Å². The molecule has 6 heteroatoms. The van der Waals surface area contributed by atoms with Crippen LogP contribution in [0.2, 0.25) is 0 Å². The predicted octanol–water partition coefficient (Wildman–Crippen LogP) is 4.25. The maximum Gasteiger partial charge on any atom is 0.335 e. The first-order valence-corrected chi connectivity index (χ1v) is 7.40. The zero-order chi connectivity index (χ0) is 18.4. The Morgan fingerprint density at radius 2 is 2.04 bits per heavy atom. The second-order valence-electron chi connectivity index (χ2n) is 5.07. The molecule has 0 unspecified atom stereocenters. The molecule has 0 spiro atoms. The van der Waals surface area contributed by atoms with Gasteiger partial charge in [-0.2, -0.15) is 0 Å². The minimum Gasteiger partial charge on any atom is -0.497 e. The fraction of sp³-hybridized carbons (Fsp3) is 0.105. The Kier molecular flexibility index (Phi) is 5.89. The average Bonchev–Trinajstić information content (AvgIpc) is 2.62. The molecule has 2 rings (SSSR count). The molecule has 2 aromatic rings. The van der Waals surface area contributed by atoms with E-state index in [2.05, 4.69) is 11.9 Å². The largest absolute Gasteiger partial charge is 0.497 e. The van der Waals surface area contributed by atoms with E-state index in [0.29, 0.717) is 11.3 Å². The minimum absolute atomic E-state index is 0.0164. The molecular weight excluding hydrogens is 328 g/mol. The van der Waals surface area contributed by atoms with Gasteiger partial charge in [-0.05, 0) is 29.8 Å². The number of methoxy groups -OCH3 is 1. The van der Waals surface area contributed by atoms with Crippen molar-refractivity contribution in [2.24, 2.45) is 0 Å². The van der Waals surface area contributed by atoms with E-state index in [1.807, 2.05) is 0 Å². The molecule has 2 aromatic carbocycles. The second-order valence-corrected chi connectivity index (χ2v) is 5.07. The second kappa shape index (κ2) is 8.10. The van der Waals surface area contributed by atoms with E-state index in [4.69, 9.17) is 9.84 Å². The molecule has 25 heavy (non-hydrogen) atoms. The maximum absolute atomic E-state index is 14.4. The van der Waals surface area contributed by atoms with Gasteiger partial charge in [0.25, 0.3) is 0 Å². The van der Waals surface area contributed by atoms with Crippen molar-refractivity contribution < 1.29 is 23.4 Å². The smallest absolute Gasteiger partial charge is 0.335 e. The molecule has 0 aliphatic rings. The van der Waals surface area contributed by atoms with E-state index >= 15 is 0 Å². The van der Waals surface area contributed by atoms with E-state index in [9.17, 15) is 13.6 Å². The van der Waals surface area contributed by atoms with Gasteiger partial charge >= 0.3 is 5.97 Å². The molecule has 2 N–H and O–H groups in total. The Hall–Kier alpha value is -3.15. The van der Waals surface area contributed by atoms with Crippen molar-refractivity contribution >= 4 is 11.7 Å². The van der Waals surface area contributed by atoms with Crippen LogP contribution in [0.4, 0.5) is 14.5 Å². The molecular formula is C19H17F2NO3. The fourth-order valence-electron chi connectivity index (χ4n) is 2.23. The molecule has 0 atom stereocenters. The number of nitrogens with one attached hydrogen (secondary N) is 1. The Balaban J connectivity index is 2.25. The summed E-state index contributed by atoms with van der Waals surface area (Å²) in [5.41, 5.74) is 0.507. The third-order valence-corrected chi connectivity index (χ3v) is 3.54. The van der Waals surface area contributed by atoms with E-state index in [0.717, 1.165) is 0 Å². The molecule has 0 aliphatic carbocycles. The third-order valence-electron chi connectivity index (χ3n) is 3.54. The Morgan fingerprint density at radius 1 is 1.28 bits per heavy atom. The number of hydrogen-bond acceptors (Lipinski definition) is 3. The predicted molar refractivity (Wildman–Crippen MR) is 92.8 cm³/mol. The van der Waals surface area contributed by atoms with Crippen molar-refractivity contribution in [2.45, 2.75) is 0 Å². The topological polar surface area (TPSA) is 58.6 Å². The number of carboxylic acid groups (broad SMARTS) is 1. The maximum atomic E-state index is 14.4. The highest BCUT2D eigenvalue weighted by atomic mass is 19.2. The number of ether oxygens (including phenoxy) is 1. The summed E-state index contributed by atoms with van der Waals surface area (Å²) in [6.07, 6.45) is 2.50. The van der Waals surface area contributed by atoms with Gasteiger partial charge in [0.15, 0.2) is 11.6 Å². The SMILES string of the molecule is C=CC(=CCNc1ccc(-c2cccc(OC)c2)c(F)c1F)C(=O)O. The van der Waals surface area contributed by atoms with E-state index < -0.39 is 17.6 Å². The molecule has 0 aromatic heterocycles. The summed E-state index contributed by atoms with van der Waals surface area (Å²) in [5.74, 6) is -2.64. The lowest BCUT2D eigenvalue weighted by Crippen LogP contribution is -2.06. The Labute approximate surface area is 144 Å². The van der Waals surface area contributed by atoms with Gasteiger partial charge in [0, 0.05) is 12.1 Å². The number of carbonyl (C=O) groups is 1.